The fraction of sp³-hybridized carbons (Fsp3) is 0.462. The maximum atomic E-state index is 11.2. The molecule has 0 radical (unpaired) electrons. The number of carbonyl (C=O) groups excluding carboxylic acids is 3. The lowest BCUT2D eigenvalue weighted by Crippen LogP contribution is -2.04. The standard InChI is InChI=1S/C9H12O3.C9H12O2S.C8H11NO2S/c2*1-6(2)8-7(4-5-12-8)9(10)11-3;1-5(2)7-6(4-12-9-7)8(10)11-3/h2*4-6H,1-3H3;4-5H,1-3H3. The van der Waals surface area contributed by atoms with E-state index in [1.54, 1.807) is 22.8 Å². The lowest BCUT2D eigenvalue weighted by molar-refractivity contribution is 0.0589. The molecule has 3 heterocycles. The smallest absolute Gasteiger partial charge is 0.341 e. The molecule has 198 valence electrons. The van der Waals surface area contributed by atoms with Crippen LogP contribution in [-0.2, 0) is 14.2 Å². The molecule has 0 spiro atoms. The van der Waals surface area contributed by atoms with Gasteiger partial charge in [-0.3, -0.25) is 0 Å². The number of hydrogen-bond acceptors (Lipinski definition) is 10. The Morgan fingerprint density at radius 1 is 0.778 bits per heavy atom. The molecular formula is C26H35NO7S2. The second kappa shape index (κ2) is 15.2. The zero-order chi connectivity index (χ0) is 27.4. The number of thiophene rings is 1. The minimum absolute atomic E-state index is 0.203. The molecule has 8 nitrogen and oxygen atoms in total. The lowest BCUT2D eigenvalue weighted by Gasteiger charge is -2.03. The van der Waals surface area contributed by atoms with Crippen LogP contribution in [0.25, 0.3) is 0 Å². The van der Waals surface area contributed by atoms with E-state index in [2.05, 4.69) is 32.4 Å². The van der Waals surface area contributed by atoms with Gasteiger partial charge in [-0.25, -0.2) is 14.4 Å². The van der Waals surface area contributed by atoms with Gasteiger partial charge in [0, 0.05) is 16.2 Å². The van der Waals surface area contributed by atoms with Gasteiger partial charge in [-0.2, -0.15) is 4.37 Å². The molecular weight excluding hydrogens is 502 g/mol. The van der Waals surface area contributed by atoms with Gasteiger partial charge >= 0.3 is 17.9 Å². The van der Waals surface area contributed by atoms with E-state index in [0.29, 0.717) is 28.4 Å². The Morgan fingerprint density at radius 2 is 1.33 bits per heavy atom. The number of hydrogen-bond donors (Lipinski definition) is 0. The molecule has 0 aromatic carbocycles. The highest BCUT2D eigenvalue weighted by atomic mass is 32.1. The molecule has 0 aliphatic heterocycles. The summed E-state index contributed by atoms with van der Waals surface area (Å²) in [5, 5.41) is 3.64. The third-order valence-electron chi connectivity index (χ3n) is 4.80. The average Bonchev–Trinajstić information content (AvgIpc) is 3.63. The van der Waals surface area contributed by atoms with Crippen molar-refractivity contribution in [2.45, 2.75) is 59.3 Å². The third-order valence-corrected chi connectivity index (χ3v) is 6.66. The van der Waals surface area contributed by atoms with Crippen molar-refractivity contribution in [2.24, 2.45) is 0 Å². The molecule has 0 fully saturated rings. The van der Waals surface area contributed by atoms with Crippen LogP contribution >= 0.6 is 22.9 Å². The number of furan rings is 1. The van der Waals surface area contributed by atoms with Crippen molar-refractivity contribution in [3.8, 4) is 0 Å². The predicted molar refractivity (Wildman–Crippen MR) is 141 cm³/mol. The van der Waals surface area contributed by atoms with Crippen LogP contribution in [0, 0.1) is 0 Å². The Hall–Kier alpha value is -2.98. The molecule has 3 rings (SSSR count). The molecule has 0 unspecified atom stereocenters. The summed E-state index contributed by atoms with van der Waals surface area (Å²) >= 11 is 2.89. The second-order valence-corrected chi connectivity index (χ2v) is 10.0. The molecule has 0 N–H and O–H groups in total. The normalized spacial score (nSPS) is 10.3. The molecule has 0 aliphatic carbocycles. The number of carbonyl (C=O) groups is 3. The van der Waals surface area contributed by atoms with Crippen LogP contribution in [0.3, 0.4) is 0 Å². The van der Waals surface area contributed by atoms with E-state index in [1.165, 1.54) is 39.1 Å². The van der Waals surface area contributed by atoms with Crippen LogP contribution in [0.1, 0.15) is 107 Å². The van der Waals surface area contributed by atoms with Gasteiger partial charge in [-0.15, -0.1) is 11.3 Å². The Balaban J connectivity index is 0.000000270. The third kappa shape index (κ3) is 8.60. The Morgan fingerprint density at radius 3 is 1.83 bits per heavy atom. The van der Waals surface area contributed by atoms with Gasteiger partial charge in [0.15, 0.2) is 0 Å². The van der Waals surface area contributed by atoms with Crippen LogP contribution in [0.5, 0.6) is 0 Å². The minimum Gasteiger partial charge on any atom is -0.468 e. The highest BCUT2D eigenvalue weighted by molar-refractivity contribution is 7.10. The van der Waals surface area contributed by atoms with Gasteiger partial charge < -0.3 is 18.6 Å². The molecule has 0 aliphatic rings. The van der Waals surface area contributed by atoms with Gasteiger partial charge in [0.05, 0.1) is 44.4 Å². The van der Waals surface area contributed by atoms with Crippen LogP contribution in [-0.4, -0.2) is 43.6 Å². The van der Waals surface area contributed by atoms with Gasteiger partial charge in [-0.1, -0.05) is 41.5 Å². The first kappa shape index (κ1) is 31.1. The topological polar surface area (TPSA) is 105 Å². The summed E-state index contributed by atoms with van der Waals surface area (Å²) in [5.41, 5.74) is 2.65. The zero-order valence-corrected chi connectivity index (χ0v) is 23.9. The molecule has 10 heteroatoms. The number of ether oxygens (including phenoxy) is 3. The largest absolute Gasteiger partial charge is 0.468 e. The first-order valence-corrected chi connectivity index (χ1v) is 13.1. The highest BCUT2D eigenvalue weighted by Crippen LogP contribution is 2.26. The maximum absolute atomic E-state index is 11.2. The van der Waals surface area contributed by atoms with Gasteiger partial charge in [-0.05, 0) is 40.9 Å². The summed E-state index contributed by atoms with van der Waals surface area (Å²) in [6.45, 7) is 12.1. The van der Waals surface area contributed by atoms with Crippen molar-refractivity contribution >= 4 is 40.8 Å². The van der Waals surface area contributed by atoms with Crippen molar-refractivity contribution in [3.05, 3.63) is 62.2 Å². The minimum atomic E-state index is -0.340. The summed E-state index contributed by atoms with van der Waals surface area (Å²) < 4.78 is 23.1. The van der Waals surface area contributed by atoms with Crippen molar-refractivity contribution in [2.75, 3.05) is 21.3 Å². The molecule has 0 saturated heterocycles. The summed E-state index contributed by atoms with van der Waals surface area (Å²) in [7, 11) is 4.15. The molecule has 3 aromatic rings. The Bertz CT molecular complexity index is 971. The van der Waals surface area contributed by atoms with Crippen molar-refractivity contribution < 1.29 is 33.0 Å². The highest BCUT2D eigenvalue weighted by Gasteiger charge is 2.18. The fourth-order valence-corrected chi connectivity index (χ4v) is 4.72. The zero-order valence-electron chi connectivity index (χ0n) is 22.2. The van der Waals surface area contributed by atoms with E-state index in [-0.39, 0.29) is 29.7 Å². The van der Waals surface area contributed by atoms with Crippen LogP contribution < -0.4 is 0 Å². The first-order valence-electron chi connectivity index (χ1n) is 11.3. The van der Waals surface area contributed by atoms with E-state index in [1.807, 2.05) is 39.1 Å². The number of nitrogens with zero attached hydrogens (tertiary/aromatic N) is 1. The molecule has 0 amide bonds. The Kier molecular flexibility index (Phi) is 13.1. The SMILES string of the molecule is COC(=O)c1ccoc1C(C)C.COC(=O)c1ccsc1C(C)C.COC(=O)c1csnc1C(C)C. The summed E-state index contributed by atoms with van der Waals surface area (Å²) in [6, 6.07) is 3.44. The van der Waals surface area contributed by atoms with Gasteiger partial charge in [0.25, 0.3) is 0 Å². The van der Waals surface area contributed by atoms with Crippen molar-refractivity contribution in [3.63, 3.8) is 0 Å². The van der Waals surface area contributed by atoms with E-state index >= 15 is 0 Å². The summed E-state index contributed by atoms with van der Waals surface area (Å²) in [5.74, 6) is 0.667. The van der Waals surface area contributed by atoms with Gasteiger partial charge in [0.1, 0.15) is 11.3 Å². The van der Waals surface area contributed by atoms with Crippen molar-refractivity contribution in [1.82, 2.24) is 4.37 Å². The predicted octanol–water partition coefficient (Wildman–Crippen LogP) is 6.90. The second-order valence-electron chi connectivity index (χ2n) is 8.45. The molecule has 36 heavy (non-hydrogen) atoms. The van der Waals surface area contributed by atoms with E-state index in [9.17, 15) is 14.4 Å². The first-order chi connectivity index (χ1) is 17.0. The van der Waals surface area contributed by atoms with Crippen LogP contribution in [0.4, 0.5) is 0 Å². The lowest BCUT2D eigenvalue weighted by atomic mass is 10.1. The fourth-order valence-electron chi connectivity index (χ4n) is 3.02. The van der Waals surface area contributed by atoms with E-state index in [0.717, 1.165) is 10.6 Å². The monoisotopic (exact) mass is 537 g/mol. The van der Waals surface area contributed by atoms with Crippen LogP contribution in [0.15, 0.2) is 33.6 Å². The number of methoxy groups -OCH3 is 3. The quantitative estimate of drug-likeness (QED) is 0.247. The van der Waals surface area contributed by atoms with Gasteiger partial charge in [0.2, 0.25) is 0 Å². The Labute approximate surface area is 220 Å². The van der Waals surface area contributed by atoms with E-state index in [4.69, 9.17) is 4.42 Å². The molecule has 0 saturated carbocycles. The number of rotatable bonds is 6. The molecule has 3 aromatic heterocycles. The molecule has 0 atom stereocenters. The average molecular weight is 538 g/mol. The van der Waals surface area contributed by atoms with E-state index < -0.39 is 0 Å². The number of esters is 3. The van der Waals surface area contributed by atoms with Crippen molar-refractivity contribution in [1.29, 1.82) is 0 Å². The summed E-state index contributed by atoms with van der Waals surface area (Å²) in [4.78, 5) is 34.5. The maximum Gasteiger partial charge on any atom is 0.341 e. The molecule has 0 bridgehead atoms. The number of aromatic nitrogens is 1. The summed E-state index contributed by atoms with van der Waals surface area (Å²) in [6.07, 6.45) is 1.50. The van der Waals surface area contributed by atoms with Crippen LogP contribution in [0.2, 0.25) is 0 Å².